The number of ether oxygens (including phenoxy) is 1. The maximum absolute atomic E-state index is 9.68. The van der Waals surface area contributed by atoms with E-state index in [4.69, 9.17) is 5.26 Å². The number of aliphatic imine (C=N–C) groups is 1. The van der Waals surface area contributed by atoms with Gasteiger partial charge in [0.1, 0.15) is 5.75 Å². The molecule has 29 heavy (non-hydrogen) atoms. The summed E-state index contributed by atoms with van der Waals surface area (Å²) in [7, 11) is 0. The van der Waals surface area contributed by atoms with Gasteiger partial charge in [-0.25, -0.2) is 4.79 Å². The molecule has 0 aliphatic heterocycles. The maximum Gasteiger partial charge on any atom is 0.292 e. The summed E-state index contributed by atoms with van der Waals surface area (Å²) in [5.74, 6) is 0.583. The lowest BCUT2D eigenvalue weighted by molar-refractivity contribution is 0.507. The van der Waals surface area contributed by atoms with E-state index in [1.807, 2.05) is 91.8 Å². The molecule has 0 atom stereocenters. The van der Waals surface area contributed by atoms with Crippen molar-refractivity contribution in [2.45, 2.75) is 75.7 Å². The lowest BCUT2D eigenvalue weighted by Crippen LogP contribution is -1.78. The van der Waals surface area contributed by atoms with Gasteiger partial charge in [0.25, 0.3) is 6.26 Å². The fraction of sp³-hybridized carbons (Fsp3) is 0.440. The summed E-state index contributed by atoms with van der Waals surface area (Å²) in [5, 5.41) is 8.05. The van der Waals surface area contributed by atoms with E-state index in [9.17, 15) is 4.79 Å². The standard InChI is InChI=1S/2C7H5NO.C3H8.4C2H6/c8-6-9-7-4-2-1-3-5-7;9-6-8-7-4-2-1-3-5-7;1-3-2;4*1-2/h2*1-5H;3H2,1-2H3;4*1-2H3. The van der Waals surface area contributed by atoms with Crippen LogP contribution in [0.25, 0.3) is 0 Å². The van der Waals surface area contributed by atoms with Crippen LogP contribution < -0.4 is 4.74 Å². The van der Waals surface area contributed by atoms with E-state index in [-0.39, 0.29) is 0 Å². The zero-order valence-corrected chi connectivity index (χ0v) is 20.2. The average molecular weight is 403 g/mol. The molecule has 0 radical (unpaired) electrons. The zero-order valence-electron chi connectivity index (χ0n) is 20.2. The summed E-state index contributed by atoms with van der Waals surface area (Å²) in [6.45, 7) is 20.2. The van der Waals surface area contributed by atoms with Gasteiger partial charge >= 0.3 is 0 Å². The van der Waals surface area contributed by atoms with Crippen LogP contribution in [-0.2, 0) is 4.79 Å². The first kappa shape index (κ1) is 36.9. The predicted octanol–water partition coefficient (Wildman–Crippen LogP) is 8.72. The van der Waals surface area contributed by atoms with E-state index in [0.29, 0.717) is 11.4 Å². The number of rotatable bonds is 2. The molecule has 4 heteroatoms. The van der Waals surface area contributed by atoms with Crippen LogP contribution in [0, 0.1) is 11.5 Å². The fourth-order valence-electron chi connectivity index (χ4n) is 1.10. The molecule has 2 aromatic rings. The number of hydrogen-bond donors (Lipinski definition) is 0. The quantitative estimate of drug-likeness (QED) is 0.286. The Balaban J connectivity index is -0.0000000900. The number of hydrogen-bond acceptors (Lipinski definition) is 4. The van der Waals surface area contributed by atoms with Gasteiger partial charge in [0, 0.05) is 0 Å². The first-order chi connectivity index (χ1) is 14.3. The summed E-state index contributed by atoms with van der Waals surface area (Å²) in [5.41, 5.74) is 0.646. The molecule has 0 aliphatic carbocycles. The van der Waals surface area contributed by atoms with Crippen molar-refractivity contribution < 1.29 is 9.53 Å². The van der Waals surface area contributed by atoms with Gasteiger partial charge in [-0.05, 0) is 24.3 Å². The Morgan fingerprint density at radius 3 is 1.41 bits per heavy atom. The minimum absolute atomic E-state index is 0.583. The van der Waals surface area contributed by atoms with Gasteiger partial charge in [-0.2, -0.15) is 4.99 Å². The monoisotopic (exact) mass is 402 g/mol. The molecule has 0 fully saturated rings. The predicted molar refractivity (Wildman–Crippen MR) is 128 cm³/mol. The van der Waals surface area contributed by atoms with Crippen LogP contribution in [0.4, 0.5) is 5.69 Å². The average Bonchev–Trinajstić information content (AvgIpc) is 2.82. The van der Waals surface area contributed by atoms with E-state index < -0.39 is 0 Å². The van der Waals surface area contributed by atoms with Crippen LogP contribution in [0.15, 0.2) is 65.7 Å². The van der Waals surface area contributed by atoms with Crippen LogP contribution in [0.2, 0.25) is 0 Å². The molecular weight excluding hydrogens is 360 g/mol. The van der Waals surface area contributed by atoms with Gasteiger partial charge in [0.05, 0.1) is 5.69 Å². The first-order valence-electron chi connectivity index (χ1n) is 10.5. The number of nitrogens with zero attached hydrogens (tertiary/aromatic N) is 2. The second-order valence-corrected chi connectivity index (χ2v) is 3.75. The summed E-state index contributed by atoms with van der Waals surface area (Å²) >= 11 is 0. The lowest BCUT2D eigenvalue weighted by Gasteiger charge is -1.89. The number of nitriles is 1. The highest BCUT2D eigenvalue weighted by atomic mass is 16.5. The summed E-state index contributed by atoms with van der Waals surface area (Å²) in [6.07, 6.45) is 4.29. The molecule has 4 nitrogen and oxygen atoms in total. The van der Waals surface area contributed by atoms with Crippen molar-refractivity contribution >= 4 is 11.8 Å². The van der Waals surface area contributed by atoms with E-state index in [1.54, 1.807) is 30.5 Å². The Labute approximate surface area is 180 Å². The molecular formula is C25H42N2O2. The van der Waals surface area contributed by atoms with Crippen LogP contribution in [0.3, 0.4) is 0 Å². The van der Waals surface area contributed by atoms with Crippen molar-refractivity contribution in [3.8, 4) is 12.0 Å². The van der Waals surface area contributed by atoms with E-state index >= 15 is 0 Å². The van der Waals surface area contributed by atoms with Gasteiger partial charge < -0.3 is 4.74 Å². The minimum Gasteiger partial charge on any atom is -0.388 e. The van der Waals surface area contributed by atoms with Crippen molar-refractivity contribution in [3.05, 3.63) is 60.7 Å². The van der Waals surface area contributed by atoms with Gasteiger partial charge in [-0.15, -0.1) is 5.26 Å². The normalized spacial score (nSPS) is 6.38. The third-order valence-electron chi connectivity index (χ3n) is 1.84. The molecule has 0 unspecified atom stereocenters. The molecule has 2 rings (SSSR count). The Kier molecular flexibility index (Phi) is 56.7. The van der Waals surface area contributed by atoms with Crippen LogP contribution in [-0.4, -0.2) is 6.08 Å². The van der Waals surface area contributed by atoms with Gasteiger partial charge in [0.2, 0.25) is 6.08 Å². The van der Waals surface area contributed by atoms with Crippen LogP contribution >= 0.6 is 0 Å². The van der Waals surface area contributed by atoms with Gasteiger partial charge in [0.15, 0.2) is 0 Å². The van der Waals surface area contributed by atoms with Crippen molar-refractivity contribution in [3.63, 3.8) is 0 Å². The molecule has 0 saturated carbocycles. The Morgan fingerprint density at radius 1 is 0.759 bits per heavy atom. The van der Waals surface area contributed by atoms with E-state index in [0.717, 1.165) is 0 Å². The molecule has 0 heterocycles. The van der Waals surface area contributed by atoms with Crippen molar-refractivity contribution in [2.75, 3.05) is 0 Å². The highest BCUT2D eigenvalue weighted by molar-refractivity contribution is 5.47. The molecule has 0 aromatic heterocycles. The molecule has 164 valence electrons. The maximum atomic E-state index is 9.68. The number of para-hydroxylation sites is 2. The van der Waals surface area contributed by atoms with E-state index in [1.165, 1.54) is 12.5 Å². The molecule has 2 aromatic carbocycles. The molecule has 0 spiro atoms. The third kappa shape index (κ3) is 36.7. The minimum atomic E-state index is 0.583. The second-order valence-electron chi connectivity index (χ2n) is 3.75. The molecule has 0 amide bonds. The Morgan fingerprint density at radius 2 is 1.10 bits per heavy atom. The molecule has 0 N–H and O–H groups in total. The summed E-state index contributed by atoms with van der Waals surface area (Å²) in [4.78, 5) is 13.1. The fourth-order valence-corrected chi connectivity index (χ4v) is 1.10. The molecule has 0 aliphatic rings. The van der Waals surface area contributed by atoms with Crippen molar-refractivity contribution in [1.82, 2.24) is 0 Å². The highest BCUT2D eigenvalue weighted by Gasteiger charge is 1.84. The zero-order chi connectivity index (χ0) is 23.8. The second kappa shape index (κ2) is 44.5. The van der Waals surface area contributed by atoms with Gasteiger partial charge in [-0.1, -0.05) is 112 Å². The highest BCUT2D eigenvalue weighted by Crippen LogP contribution is 2.07. The van der Waals surface area contributed by atoms with E-state index in [2.05, 4.69) is 23.6 Å². The SMILES string of the molecule is CC.CC.CC.CC.CCC.N#COc1ccccc1.O=C=Nc1ccccc1. The van der Waals surface area contributed by atoms with Gasteiger partial charge in [-0.3, -0.25) is 0 Å². The van der Waals surface area contributed by atoms with Crippen molar-refractivity contribution in [1.29, 1.82) is 5.26 Å². The molecule has 0 saturated heterocycles. The molecule has 0 bridgehead atoms. The number of isocyanates is 1. The Hall–Kier alpha value is -2.89. The number of carbonyl (C=O) groups excluding carboxylic acids is 1. The summed E-state index contributed by atoms with van der Waals surface area (Å²) < 4.78 is 4.51. The third-order valence-corrected chi connectivity index (χ3v) is 1.84. The summed E-state index contributed by atoms with van der Waals surface area (Å²) in [6, 6.07) is 17.9. The number of benzene rings is 2. The largest absolute Gasteiger partial charge is 0.388 e. The van der Waals surface area contributed by atoms with Crippen LogP contribution in [0.1, 0.15) is 75.7 Å². The van der Waals surface area contributed by atoms with Crippen LogP contribution in [0.5, 0.6) is 5.75 Å². The lowest BCUT2D eigenvalue weighted by atomic mass is 10.3. The van der Waals surface area contributed by atoms with Crippen molar-refractivity contribution in [2.24, 2.45) is 4.99 Å². The smallest absolute Gasteiger partial charge is 0.292 e. The first-order valence-corrected chi connectivity index (χ1v) is 10.5. The Bertz CT molecular complexity index is 558. The topological polar surface area (TPSA) is 62.4 Å².